The Morgan fingerprint density at radius 2 is 2.00 bits per heavy atom. The third kappa shape index (κ3) is 3.69. The smallest absolute Gasteiger partial charge is 0.0412 e. The highest BCUT2D eigenvalue weighted by Crippen LogP contribution is 2.37. The Bertz CT molecular complexity index is 551. The van der Waals surface area contributed by atoms with Gasteiger partial charge in [-0.3, -0.25) is 0 Å². The topological polar surface area (TPSA) is 12.0 Å². The highest BCUT2D eigenvalue weighted by Gasteiger charge is 2.13. The number of hydrogen-bond acceptors (Lipinski definition) is 2. The van der Waals surface area contributed by atoms with E-state index >= 15 is 0 Å². The first-order valence-corrected chi connectivity index (χ1v) is 8.78. The fourth-order valence-electron chi connectivity index (χ4n) is 2.09. The van der Waals surface area contributed by atoms with E-state index in [1.165, 1.54) is 28.2 Å². The summed E-state index contributed by atoms with van der Waals surface area (Å²) in [6, 6.07) is 11.3. The molecule has 19 heavy (non-hydrogen) atoms. The van der Waals surface area contributed by atoms with Crippen molar-refractivity contribution >= 4 is 43.2 Å². The molecule has 0 radical (unpaired) electrons. The predicted molar refractivity (Wildman–Crippen MR) is 91.9 cm³/mol. The van der Waals surface area contributed by atoms with Crippen LogP contribution in [0.2, 0.25) is 0 Å². The Labute approximate surface area is 135 Å². The molecule has 0 bridgehead atoms. The fraction of sp³-hybridized carbons (Fsp3) is 0.333. The normalized spacial score (nSPS) is 12.6. The summed E-state index contributed by atoms with van der Waals surface area (Å²) in [6.07, 6.45) is 2.37. The van der Waals surface area contributed by atoms with Crippen LogP contribution in [0.1, 0.15) is 30.7 Å². The zero-order chi connectivity index (χ0) is 13.8. The molecule has 0 saturated heterocycles. The fourth-order valence-corrected chi connectivity index (χ4v) is 4.68. The van der Waals surface area contributed by atoms with Gasteiger partial charge in [-0.2, -0.15) is 0 Å². The average Bonchev–Trinajstić information content (AvgIpc) is 2.85. The molecule has 102 valence electrons. The second kappa shape index (κ2) is 7.02. The van der Waals surface area contributed by atoms with E-state index in [-0.39, 0.29) is 0 Å². The SMILES string of the molecule is CCCC(NC)c1ccc(-c2ccc(Br)cc2Br)s1. The summed E-state index contributed by atoms with van der Waals surface area (Å²) in [5.41, 5.74) is 1.26. The van der Waals surface area contributed by atoms with Crippen molar-refractivity contribution in [2.24, 2.45) is 0 Å². The summed E-state index contributed by atoms with van der Waals surface area (Å²) in [6.45, 7) is 2.23. The molecule has 1 unspecified atom stereocenters. The second-order valence-electron chi connectivity index (χ2n) is 4.46. The molecule has 0 aliphatic heterocycles. The molecule has 2 rings (SSSR count). The van der Waals surface area contributed by atoms with Gasteiger partial charge in [-0.15, -0.1) is 11.3 Å². The van der Waals surface area contributed by atoms with Crippen LogP contribution in [0, 0.1) is 0 Å². The van der Waals surface area contributed by atoms with Gasteiger partial charge in [0, 0.05) is 30.3 Å². The standard InChI is InChI=1S/C15H17Br2NS/c1-3-4-13(18-2)15-8-7-14(19-15)11-6-5-10(16)9-12(11)17/h5-9,13,18H,3-4H2,1-2H3. The molecular formula is C15H17Br2NS. The number of benzene rings is 1. The summed E-state index contributed by atoms with van der Waals surface area (Å²) >= 11 is 9.00. The molecule has 1 atom stereocenters. The van der Waals surface area contributed by atoms with Crippen LogP contribution in [-0.4, -0.2) is 7.05 Å². The molecule has 1 heterocycles. The first-order chi connectivity index (χ1) is 9.15. The van der Waals surface area contributed by atoms with Crippen molar-refractivity contribution in [2.45, 2.75) is 25.8 Å². The Hall–Kier alpha value is -0.160. The van der Waals surface area contributed by atoms with Crippen molar-refractivity contribution in [3.8, 4) is 10.4 Å². The second-order valence-corrected chi connectivity index (χ2v) is 7.34. The molecule has 4 heteroatoms. The lowest BCUT2D eigenvalue weighted by atomic mass is 10.1. The van der Waals surface area contributed by atoms with Gasteiger partial charge in [0.15, 0.2) is 0 Å². The summed E-state index contributed by atoms with van der Waals surface area (Å²) < 4.78 is 2.23. The monoisotopic (exact) mass is 401 g/mol. The highest BCUT2D eigenvalue weighted by atomic mass is 79.9. The van der Waals surface area contributed by atoms with Gasteiger partial charge < -0.3 is 5.32 Å². The minimum absolute atomic E-state index is 0.470. The largest absolute Gasteiger partial charge is 0.312 e. The Kier molecular flexibility index (Phi) is 5.63. The Morgan fingerprint density at radius 3 is 2.63 bits per heavy atom. The predicted octanol–water partition coefficient (Wildman–Crippen LogP) is 6.00. The molecule has 0 fully saturated rings. The maximum atomic E-state index is 3.64. The third-order valence-corrected chi connectivity index (χ3v) is 5.47. The minimum Gasteiger partial charge on any atom is -0.312 e. The highest BCUT2D eigenvalue weighted by molar-refractivity contribution is 9.11. The molecule has 0 aliphatic carbocycles. The van der Waals surface area contributed by atoms with Crippen LogP contribution in [0.3, 0.4) is 0 Å². The third-order valence-electron chi connectivity index (χ3n) is 3.09. The number of halogens is 2. The van der Waals surface area contributed by atoms with Gasteiger partial charge in [-0.05, 0) is 37.7 Å². The van der Waals surface area contributed by atoms with E-state index in [1.54, 1.807) is 0 Å². The molecular weight excluding hydrogens is 386 g/mol. The van der Waals surface area contributed by atoms with Crippen molar-refractivity contribution in [1.82, 2.24) is 5.32 Å². The maximum Gasteiger partial charge on any atom is 0.0412 e. The van der Waals surface area contributed by atoms with E-state index < -0.39 is 0 Å². The number of rotatable bonds is 5. The van der Waals surface area contributed by atoms with Crippen LogP contribution in [0.15, 0.2) is 39.3 Å². The molecule has 0 spiro atoms. The first kappa shape index (κ1) is 15.2. The number of nitrogens with one attached hydrogen (secondary N) is 1. The van der Waals surface area contributed by atoms with Gasteiger partial charge in [-0.1, -0.05) is 51.3 Å². The molecule has 1 aromatic heterocycles. The van der Waals surface area contributed by atoms with Gasteiger partial charge in [-0.25, -0.2) is 0 Å². The zero-order valence-corrected chi connectivity index (χ0v) is 15.0. The number of hydrogen-bond donors (Lipinski definition) is 1. The van der Waals surface area contributed by atoms with Crippen molar-refractivity contribution in [3.05, 3.63) is 44.2 Å². The lowest BCUT2D eigenvalue weighted by molar-refractivity contribution is 0.550. The van der Waals surface area contributed by atoms with E-state index in [0.29, 0.717) is 6.04 Å². The van der Waals surface area contributed by atoms with E-state index in [1.807, 2.05) is 18.4 Å². The van der Waals surface area contributed by atoms with Crippen molar-refractivity contribution in [2.75, 3.05) is 7.05 Å². The molecule has 0 saturated carbocycles. The molecule has 1 N–H and O–H groups in total. The average molecular weight is 403 g/mol. The molecule has 0 amide bonds. The molecule has 1 aromatic carbocycles. The summed E-state index contributed by atoms with van der Waals surface area (Å²) in [7, 11) is 2.04. The summed E-state index contributed by atoms with van der Waals surface area (Å²) in [4.78, 5) is 2.72. The summed E-state index contributed by atoms with van der Waals surface area (Å²) in [5.74, 6) is 0. The summed E-state index contributed by atoms with van der Waals surface area (Å²) in [5, 5.41) is 3.40. The Morgan fingerprint density at radius 1 is 1.21 bits per heavy atom. The lowest BCUT2D eigenvalue weighted by Crippen LogP contribution is -2.14. The van der Waals surface area contributed by atoms with E-state index in [9.17, 15) is 0 Å². The van der Waals surface area contributed by atoms with Crippen LogP contribution in [-0.2, 0) is 0 Å². The van der Waals surface area contributed by atoms with Crippen molar-refractivity contribution < 1.29 is 0 Å². The van der Waals surface area contributed by atoms with Crippen LogP contribution in [0.4, 0.5) is 0 Å². The minimum atomic E-state index is 0.470. The van der Waals surface area contributed by atoms with Crippen molar-refractivity contribution in [3.63, 3.8) is 0 Å². The van der Waals surface area contributed by atoms with Crippen LogP contribution >= 0.6 is 43.2 Å². The van der Waals surface area contributed by atoms with Gasteiger partial charge in [0.1, 0.15) is 0 Å². The van der Waals surface area contributed by atoms with Gasteiger partial charge >= 0.3 is 0 Å². The lowest BCUT2D eigenvalue weighted by Gasteiger charge is -2.12. The Balaban J connectivity index is 2.29. The van der Waals surface area contributed by atoms with E-state index in [0.717, 1.165) is 8.95 Å². The van der Waals surface area contributed by atoms with Gasteiger partial charge in [0.2, 0.25) is 0 Å². The quantitative estimate of drug-likeness (QED) is 0.646. The van der Waals surface area contributed by atoms with Gasteiger partial charge in [0.05, 0.1) is 0 Å². The van der Waals surface area contributed by atoms with Crippen LogP contribution in [0.25, 0.3) is 10.4 Å². The zero-order valence-electron chi connectivity index (χ0n) is 11.0. The first-order valence-electron chi connectivity index (χ1n) is 6.38. The van der Waals surface area contributed by atoms with Crippen molar-refractivity contribution in [1.29, 1.82) is 0 Å². The van der Waals surface area contributed by atoms with E-state index in [4.69, 9.17) is 0 Å². The van der Waals surface area contributed by atoms with Gasteiger partial charge in [0.25, 0.3) is 0 Å². The maximum absolute atomic E-state index is 3.64. The van der Waals surface area contributed by atoms with E-state index in [2.05, 4.69) is 74.4 Å². The molecule has 1 nitrogen and oxygen atoms in total. The molecule has 2 aromatic rings. The van der Waals surface area contributed by atoms with Crippen LogP contribution < -0.4 is 5.32 Å². The number of thiophene rings is 1. The van der Waals surface area contributed by atoms with Crippen LogP contribution in [0.5, 0.6) is 0 Å². The molecule has 0 aliphatic rings.